The minimum absolute atomic E-state index is 0.212. The standard InChI is InChI=1S/C21H28N2O2/c1-14-6-4-8-17-21(14)15(13-22-17)12-20(25)23-11-5-9-18(23)16-7-2-3-10-19(16)24/h4,6,8,13,16,18-19,22,24H,2-3,5,7,9-12H2,1H3/t16-,18-,19-/m1/s1. The SMILES string of the molecule is Cc1cccc2[nH]cc(CC(=O)N3CCC[C@@H]3[C@H]3CCCC[C@H]3O)c12. The van der Waals surface area contributed by atoms with Gasteiger partial charge in [0, 0.05) is 35.6 Å². The number of rotatable bonds is 3. The molecule has 1 saturated carbocycles. The van der Waals surface area contributed by atoms with Crippen molar-refractivity contribution in [3.05, 3.63) is 35.5 Å². The highest BCUT2D eigenvalue weighted by molar-refractivity contribution is 5.91. The van der Waals surface area contributed by atoms with E-state index in [-0.39, 0.29) is 24.0 Å². The molecule has 2 aromatic rings. The van der Waals surface area contributed by atoms with Gasteiger partial charge in [0.2, 0.25) is 5.91 Å². The minimum atomic E-state index is -0.234. The largest absolute Gasteiger partial charge is 0.393 e. The van der Waals surface area contributed by atoms with E-state index >= 15 is 0 Å². The molecule has 2 fully saturated rings. The van der Waals surface area contributed by atoms with Crippen molar-refractivity contribution in [2.75, 3.05) is 6.54 Å². The zero-order chi connectivity index (χ0) is 17.4. The maximum atomic E-state index is 13.1. The van der Waals surface area contributed by atoms with Crippen LogP contribution in [-0.2, 0) is 11.2 Å². The number of hydrogen-bond acceptors (Lipinski definition) is 2. The van der Waals surface area contributed by atoms with E-state index in [4.69, 9.17) is 0 Å². The average molecular weight is 340 g/mol. The van der Waals surface area contributed by atoms with E-state index in [0.29, 0.717) is 6.42 Å². The van der Waals surface area contributed by atoms with E-state index in [1.165, 1.54) is 17.4 Å². The average Bonchev–Trinajstić information content (AvgIpc) is 3.23. The molecule has 1 aliphatic carbocycles. The van der Waals surface area contributed by atoms with Gasteiger partial charge in [-0.05, 0) is 49.8 Å². The Morgan fingerprint density at radius 3 is 2.92 bits per heavy atom. The molecule has 1 amide bonds. The van der Waals surface area contributed by atoms with Gasteiger partial charge >= 0.3 is 0 Å². The van der Waals surface area contributed by atoms with Crippen LogP contribution < -0.4 is 0 Å². The van der Waals surface area contributed by atoms with Crippen molar-refractivity contribution in [2.45, 2.75) is 64.0 Å². The topological polar surface area (TPSA) is 56.3 Å². The summed E-state index contributed by atoms with van der Waals surface area (Å²) in [5.41, 5.74) is 3.40. The molecule has 4 nitrogen and oxygen atoms in total. The number of nitrogens with zero attached hydrogens (tertiary/aromatic N) is 1. The zero-order valence-corrected chi connectivity index (χ0v) is 15.0. The van der Waals surface area contributed by atoms with Crippen LogP contribution in [0.1, 0.15) is 49.7 Å². The summed E-state index contributed by atoms with van der Waals surface area (Å²) in [5, 5.41) is 11.6. The first-order valence-electron chi connectivity index (χ1n) is 9.68. The second-order valence-electron chi connectivity index (χ2n) is 7.80. The Bertz CT molecular complexity index is 766. The molecule has 2 aliphatic rings. The Balaban J connectivity index is 1.53. The van der Waals surface area contributed by atoms with Gasteiger partial charge in [-0.2, -0.15) is 0 Å². The van der Waals surface area contributed by atoms with Crippen molar-refractivity contribution in [1.29, 1.82) is 0 Å². The van der Waals surface area contributed by atoms with Gasteiger partial charge in [-0.15, -0.1) is 0 Å². The van der Waals surface area contributed by atoms with Crippen molar-refractivity contribution in [1.82, 2.24) is 9.88 Å². The summed E-state index contributed by atoms with van der Waals surface area (Å²) < 4.78 is 0. The van der Waals surface area contributed by atoms with Crippen molar-refractivity contribution in [2.24, 2.45) is 5.92 Å². The van der Waals surface area contributed by atoms with Gasteiger partial charge < -0.3 is 15.0 Å². The van der Waals surface area contributed by atoms with Gasteiger partial charge in [0.25, 0.3) is 0 Å². The number of benzene rings is 1. The predicted molar refractivity (Wildman–Crippen MR) is 99.4 cm³/mol. The van der Waals surface area contributed by atoms with E-state index in [2.05, 4.69) is 28.9 Å². The van der Waals surface area contributed by atoms with Crippen LogP contribution in [0.4, 0.5) is 0 Å². The first-order chi connectivity index (χ1) is 12.1. The van der Waals surface area contributed by atoms with E-state index in [1.54, 1.807) is 0 Å². The first-order valence-corrected chi connectivity index (χ1v) is 9.68. The summed E-state index contributed by atoms with van der Waals surface area (Å²) >= 11 is 0. The molecular formula is C21H28N2O2. The normalized spacial score (nSPS) is 27.1. The number of aromatic amines is 1. The van der Waals surface area contributed by atoms with Crippen molar-refractivity contribution < 1.29 is 9.90 Å². The maximum Gasteiger partial charge on any atom is 0.227 e. The molecule has 0 unspecified atom stereocenters. The van der Waals surface area contributed by atoms with Crippen LogP contribution >= 0.6 is 0 Å². The van der Waals surface area contributed by atoms with Gasteiger partial charge in [-0.25, -0.2) is 0 Å². The summed E-state index contributed by atoms with van der Waals surface area (Å²) in [6, 6.07) is 6.43. The molecule has 3 atom stereocenters. The summed E-state index contributed by atoms with van der Waals surface area (Å²) in [7, 11) is 0. The van der Waals surface area contributed by atoms with Crippen LogP contribution in [0.3, 0.4) is 0 Å². The lowest BCUT2D eigenvalue weighted by Crippen LogP contribution is -2.45. The molecular weight excluding hydrogens is 312 g/mol. The van der Waals surface area contributed by atoms with Gasteiger partial charge in [0.1, 0.15) is 0 Å². The molecule has 0 radical (unpaired) electrons. The molecule has 134 valence electrons. The number of H-pyrrole nitrogens is 1. The Hall–Kier alpha value is -1.81. The highest BCUT2D eigenvalue weighted by atomic mass is 16.3. The quantitative estimate of drug-likeness (QED) is 0.897. The number of carbonyl (C=O) groups is 1. The number of aliphatic hydroxyl groups excluding tert-OH is 1. The van der Waals surface area contributed by atoms with Crippen molar-refractivity contribution in [3.8, 4) is 0 Å². The highest BCUT2D eigenvalue weighted by Gasteiger charge is 2.38. The summed E-state index contributed by atoms with van der Waals surface area (Å²) in [5.74, 6) is 0.481. The lowest BCUT2D eigenvalue weighted by atomic mass is 9.80. The highest BCUT2D eigenvalue weighted by Crippen LogP contribution is 2.35. The molecule has 4 heteroatoms. The number of amides is 1. The van der Waals surface area contributed by atoms with Crippen LogP contribution in [0.2, 0.25) is 0 Å². The second-order valence-corrected chi connectivity index (χ2v) is 7.80. The van der Waals surface area contributed by atoms with E-state index < -0.39 is 0 Å². The van der Waals surface area contributed by atoms with Gasteiger partial charge in [-0.1, -0.05) is 25.0 Å². The summed E-state index contributed by atoms with van der Waals surface area (Å²) in [6.45, 7) is 2.94. The van der Waals surface area contributed by atoms with Crippen molar-refractivity contribution in [3.63, 3.8) is 0 Å². The summed E-state index contributed by atoms with van der Waals surface area (Å²) in [4.78, 5) is 18.4. The lowest BCUT2D eigenvalue weighted by Gasteiger charge is -2.37. The fourth-order valence-electron chi connectivity index (χ4n) is 4.99. The molecule has 25 heavy (non-hydrogen) atoms. The third-order valence-electron chi connectivity index (χ3n) is 6.23. The molecule has 0 spiro atoms. The van der Waals surface area contributed by atoms with Gasteiger partial charge in [0.05, 0.1) is 12.5 Å². The minimum Gasteiger partial charge on any atom is -0.393 e. The van der Waals surface area contributed by atoms with Crippen LogP contribution in [0, 0.1) is 12.8 Å². The molecule has 2 heterocycles. The zero-order valence-electron chi connectivity index (χ0n) is 15.0. The number of aryl methyl sites for hydroxylation is 1. The molecule has 1 aromatic heterocycles. The number of aromatic nitrogens is 1. The molecule has 1 aliphatic heterocycles. The van der Waals surface area contributed by atoms with Gasteiger partial charge in [0.15, 0.2) is 0 Å². The maximum absolute atomic E-state index is 13.1. The van der Waals surface area contributed by atoms with Crippen LogP contribution in [0.15, 0.2) is 24.4 Å². The van der Waals surface area contributed by atoms with Gasteiger partial charge in [-0.3, -0.25) is 4.79 Å². The Kier molecular flexibility index (Phi) is 4.55. The van der Waals surface area contributed by atoms with Crippen LogP contribution in [-0.4, -0.2) is 39.6 Å². The number of likely N-dealkylation sites (tertiary alicyclic amines) is 1. The molecule has 1 saturated heterocycles. The molecule has 1 aromatic carbocycles. The van der Waals surface area contributed by atoms with E-state index in [9.17, 15) is 9.90 Å². The molecule has 2 N–H and O–H groups in total. The smallest absolute Gasteiger partial charge is 0.227 e. The summed E-state index contributed by atoms with van der Waals surface area (Å²) in [6.07, 6.45) is 8.55. The second kappa shape index (κ2) is 6.83. The third kappa shape index (κ3) is 3.08. The Morgan fingerprint density at radius 1 is 1.24 bits per heavy atom. The van der Waals surface area contributed by atoms with Crippen LogP contribution in [0.25, 0.3) is 10.9 Å². The van der Waals surface area contributed by atoms with E-state index in [0.717, 1.165) is 49.7 Å². The molecule has 0 bridgehead atoms. The predicted octanol–water partition coefficient (Wildman–Crippen LogP) is 3.56. The lowest BCUT2D eigenvalue weighted by molar-refractivity contribution is -0.133. The fourth-order valence-corrected chi connectivity index (χ4v) is 4.99. The van der Waals surface area contributed by atoms with Crippen LogP contribution in [0.5, 0.6) is 0 Å². The molecule has 4 rings (SSSR count). The number of aliphatic hydroxyl groups is 1. The third-order valence-corrected chi connectivity index (χ3v) is 6.23. The monoisotopic (exact) mass is 340 g/mol. The van der Waals surface area contributed by atoms with E-state index in [1.807, 2.05) is 12.3 Å². The Labute approximate surface area is 149 Å². The number of hydrogen-bond donors (Lipinski definition) is 2. The van der Waals surface area contributed by atoms with Crippen molar-refractivity contribution >= 4 is 16.8 Å². The number of nitrogens with one attached hydrogen (secondary N) is 1. The number of carbonyl (C=O) groups excluding carboxylic acids is 1. The number of fused-ring (bicyclic) bond motifs is 1. The fraction of sp³-hybridized carbons (Fsp3) is 0.571. The first kappa shape index (κ1) is 16.6. The Morgan fingerprint density at radius 2 is 2.08 bits per heavy atom.